The van der Waals surface area contributed by atoms with Gasteiger partial charge < -0.3 is 28.4 Å². The number of rotatable bonds is 20. The predicted octanol–water partition coefficient (Wildman–Crippen LogP) is 35.0. The zero-order valence-electron chi connectivity index (χ0n) is 80.5. The summed E-state index contributed by atoms with van der Waals surface area (Å²) in [6.07, 6.45) is 1.03. The van der Waals surface area contributed by atoms with Crippen molar-refractivity contribution in [3.8, 4) is 44.5 Å². The molecule has 0 amide bonds. The lowest BCUT2D eigenvalue weighted by Crippen LogP contribution is -2.42. The third-order valence-electron chi connectivity index (χ3n) is 29.1. The summed E-state index contributed by atoms with van der Waals surface area (Å²) in [7, 11) is -3.68. The van der Waals surface area contributed by atoms with Gasteiger partial charge in [0.1, 0.15) is 22.3 Å². The van der Waals surface area contributed by atoms with E-state index in [0.717, 1.165) is 130 Å². The molecule has 0 N–H and O–H groups in total. The molecule has 0 bridgehead atoms. The van der Waals surface area contributed by atoms with E-state index in [1.807, 2.05) is 0 Å². The van der Waals surface area contributed by atoms with Gasteiger partial charge in [0, 0.05) is 89.6 Å². The van der Waals surface area contributed by atoms with E-state index in [0.29, 0.717) is 0 Å². The minimum absolute atomic E-state index is 0.0156. The van der Waals surface area contributed by atoms with Crippen LogP contribution >= 0.6 is 0 Å². The van der Waals surface area contributed by atoms with Crippen LogP contribution in [0.4, 0.5) is 68.2 Å². The van der Waals surface area contributed by atoms with Crippen molar-refractivity contribution in [2.75, 3.05) is 19.6 Å². The van der Waals surface area contributed by atoms with Crippen molar-refractivity contribution in [3.05, 3.63) is 396 Å². The molecule has 2 heterocycles. The number of benzene rings is 16. The molecule has 18 aromatic rings. The summed E-state index contributed by atoms with van der Waals surface area (Å²) in [6.45, 7) is 47.7. The number of fused-ring (bicyclic) bond motifs is 14. The van der Waals surface area contributed by atoms with Crippen molar-refractivity contribution >= 4 is 139 Å². The first-order valence-electron chi connectivity index (χ1n) is 47.4. The summed E-state index contributed by atoms with van der Waals surface area (Å²) in [5, 5.41) is 7.29. The highest BCUT2D eigenvalue weighted by Gasteiger charge is 2.44. The normalized spacial score (nSPS) is 13.6. The molecule has 0 unspecified atom stereocenters. The summed E-state index contributed by atoms with van der Waals surface area (Å²) in [5.41, 5.74) is 35.5. The van der Waals surface area contributed by atoms with E-state index < -0.39 is 27.0 Å². The van der Waals surface area contributed by atoms with Crippen LogP contribution in [-0.2, 0) is 32.5 Å². The quantitative estimate of drug-likeness (QED) is 0.0708. The second kappa shape index (κ2) is 32.3. The molecule has 8 heteroatoms. The molecule has 2 aliphatic rings. The van der Waals surface area contributed by atoms with Crippen LogP contribution in [0.5, 0.6) is 0 Å². The second-order valence-electron chi connectivity index (χ2n) is 43.7. The fourth-order valence-corrected chi connectivity index (χ4v) is 24.6. The average molecular weight is 1760 g/mol. The van der Waals surface area contributed by atoms with E-state index in [1.165, 1.54) is 93.8 Å². The Kier molecular flexibility index (Phi) is 21.3. The standard InChI is InChI=1S/C124H122N4O2Si2/c1-119(2,3)85-43-55-90(56-44-85)126(92-63-69-99(70-64-92)131(16,17)18)98-68-74-102-106(78-98)124(14,15)108-80-110(116-104-36-28-30-38-112(104)130-118(116)114(102)108)128(95-59-47-87(48-60-95)121(7,8)9)96-65-71-100(72-66-96)132(19,20)76-75-122(10,11)88-49-61-91(62-50-88)125(89-51-39-83(40-52-89)81-31-23-21-24-32-81)97-67-73-101-105(77-97)123(12,13)107-79-109(115-103-35-27-29-37-111(103)129-117(115)113(101)107)127(94-57-45-86(46-58-94)120(4,5)6)93-53-41-84(42-54-93)82-33-25-22-26-34-82/h21-74,77-80H,75-76H2,1-20H3. The molecule has 0 aliphatic heterocycles. The van der Waals surface area contributed by atoms with Crippen LogP contribution in [0.3, 0.4) is 0 Å². The smallest absolute Gasteiger partial charge is 0.145 e. The molecular weight excluding hydrogens is 1630 g/mol. The van der Waals surface area contributed by atoms with Gasteiger partial charge in [-0.25, -0.2) is 0 Å². The maximum atomic E-state index is 7.34. The van der Waals surface area contributed by atoms with Gasteiger partial charge in [-0.1, -0.05) is 359 Å². The lowest BCUT2D eigenvalue weighted by Gasteiger charge is -2.33. The number of anilines is 12. The maximum absolute atomic E-state index is 7.34. The monoisotopic (exact) mass is 1750 g/mol. The third kappa shape index (κ3) is 15.5. The Morgan fingerprint density at radius 1 is 0.273 bits per heavy atom. The second-order valence-corrected chi connectivity index (χ2v) is 53.6. The molecule has 16 aromatic carbocycles. The van der Waals surface area contributed by atoms with Crippen LogP contribution in [0.2, 0.25) is 38.8 Å². The number of hydrogen-bond acceptors (Lipinski definition) is 6. The highest BCUT2D eigenvalue weighted by atomic mass is 28.3. The van der Waals surface area contributed by atoms with Crippen LogP contribution in [0, 0.1) is 0 Å². The minimum atomic E-state index is -2.11. The summed E-state index contributed by atoms with van der Waals surface area (Å²) in [6, 6.07) is 134. The number of hydrogen-bond donors (Lipinski definition) is 0. The van der Waals surface area contributed by atoms with Crippen molar-refractivity contribution in [3.63, 3.8) is 0 Å². The Morgan fingerprint density at radius 2 is 0.561 bits per heavy atom. The first-order chi connectivity index (χ1) is 63.0. The summed E-state index contributed by atoms with van der Waals surface area (Å²) in [5.74, 6) is 0. The Bertz CT molecular complexity index is 7340. The van der Waals surface area contributed by atoms with Crippen molar-refractivity contribution in [1.82, 2.24) is 0 Å². The SMILES string of the molecule is CC(C)(C)c1ccc(N(c2ccc([Si](C)(C)C)cc2)c2ccc3c(c2)C(C)(C)c2cc(N(c4ccc(C(C)(C)C)cc4)c4ccc([Si](C)(C)CCC(C)(C)c5ccc(N(c6ccc(-c7ccccc7)cc6)c6ccc7c(c6)C(C)(C)c6cc(N(c8ccc(-c9ccccc9)cc8)c8ccc(C(C)(C)C)cc8)c8c(oc9ccccc98)c6-7)cc5)cc4)c4c(oc5ccccc54)c2-3)cc1. The fraction of sp³-hybridized carbons (Fsp3) is 0.226. The average Bonchev–Trinajstić information content (AvgIpc) is 1.54. The van der Waals surface area contributed by atoms with Crippen LogP contribution in [0.25, 0.3) is 88.4 Å². The maximum Gasteiger partial charge on any atom is 0.145 e. The predicted molar refractivity (Wildman–Crippen MR) is 571 cm³/mol. The summed E-state index contributed by atoms with van der Waals surface area (Å²) >= 11 is 0. The lowest BCUT2D eigenvalue weighted by molar-refractivity contribution is 0.503. The molecule has 0 fully saturated rings. The van der Waals surface area contributed by atoms with Crippen molar-refractivity contribution < 1.29 is 8.83 Å². The van der Waals surface area contributed by atoms with E-state index in [9.17, 15) is 0 Å². The number of furan rings is 2. The van der Waals surface area contributed by atoms with E-state index in [4.69, 9.17) is 8.83 Å². The Balaban J connectivity index is 0.626. The van der Waals surface area contributed by atoms with E-state index >= 15 is 0 Å². The topological polar surface area (TPSA) is 39.2 Å². The molecule has 6 nitrogen and oxygen atoms in total. The number of nitrogens with zero attached hydrogens (tertiary/aromatic N) is 4. The van der Waals surface area contributed by atoms with Crippen molar-refractivity contribution in [1.29, 1.82) is 0 Å². The van der Waals surface area contributed by atoms with Crippen molar-refractivity contribution in [2.45, 2.75) is 182 Å². The molecule has 0 spiro atoms. The summed E-state index contributed by atoms with van der Waals surface area (Å²) < 4.78 is 14.6. The molecule has 132 heavy (non-hydrogen) atoms. The molecule has 0 radical (unpaired) electrons. The molecule has 20 rings (SSSR count). The molecule has 2 aromatic heterocycles. The zero-order chi connectivity index (χ0) is 92.1. The van der Waals surface area contributed by atoms with Crippen LogP contribution < -0.4 is 30.0 Å². The van der Waals surface area contributed by atoms with E-state index in [-0.39, 0.29) is 21.7 Å². The number of para-hydroxylation sites is 2. The van der Waals surface area contributed by atoms with Crippen LogP contribution in [0.15, 0.2) is 361 Å². The largest absolute Gasteiger partial charge is 0.455 e. The first-order valence-corrected chi connectivity index (χ1v) is 54.1. The summed E-state index contributed by atoms with van der Waals surface area (Å²) in [4.78, 5) is 9.91. The van der Waals surface area contributed by atoms with Gasteiger partial charge in [0.2, 0.25) is 0 Å². The lowest BCUT2D eigenvalue weighted by atomic mass is 9.81. The first kappa shape index (κ1) is 86.8. The van der Waals surface area contributed by atoms with Gasteiger partial charge in [0.15, 0.2) is 0 Å². The molecular formula is C124H122N4O2Si2. The van der Waals surface area contributed by atoms with Crippen LogP contribution in [-0.4, -0.2) is 16.1 Å². The van der Waals surface area contributed by atoms with Gasteiger partial charge in [-0.05, 0) is 252 Å². The molecule has 658 valence electrons. The van der Waals surface area contributed by atoms with Gasteiger partial charge in [0.05, 0.1) is 38.3 Å². The Hall–Kier alpha value is -13.2. The van der Waals surface area contributed by atoms with Crippen LogP contribution in [0.1, 0.15) is 155 Å². The van der Waals surface area contributed by atoms with E-state index in [2.05, 4.69) is 508 Å². The Morgan fingerprint density at radius 3 is 0.902 bits per heavy atom. The third-order valence-corrected chi connectivity index (χ3v) is 34.6. The van der Waals surface area contributed by atoms with Gasteiger partial charge in [-0.3, -0.25) is 0 Å². The highest BCUT2D eigenvalue weighted by Crippen LogP contribution is 2.61. The molecule has 0 atom stereocenters. The van der Waals surface area contributed by atoms with Gasteiger partial charge >= 0.3 is 0 Å². The zero-order valence-corrected chi connectivity index (χ0v) is 82.5. The fourth-order valence-electron chi connectivity index (χ4n) is 20.8. The van der Waals surface area contributed by atoms with Gasteiger partial charge in [-0.15, -0.1) is 0 Å². The molecule has 0 saturated heterocycles. The van der Waals surface area contributed by atoms with Gasteiger partial charge in [0.25, 0.3) is 0 Å². The Labute approximate surface area is 783 Å². The minimum Gasteiger partial charge on any atom is -0.455 e. The molecule has 2 aliphatic carbocycles. The van der Waals surface area contributed by atoms with Gasteiger partial charge in [-0.2, -0.15) is 0 Å². The highest BCUT2D eigenvalue weighted by molar-refractivity contribution is 6.90. The van der Waals surface area contributed by atoms with E-state index in [1.54, 1.807) is 0 Å². The molecule has 0 saturated carbocycles. The van der Waals surface area contributed by atoms with Crippen molar-refractivity contribution in [2.24, 2.45) is 0 Å².